The van der Waals surface area contributed by atoms with Gasteiger partial charge >= 0.3 is 6.03 Å². The van der Waals surface area contributed by atoms with Gasteiger partial charge in [0.05, 0.1) is 6.61 Å². The minimum atomic E-state index is -0.262. The van der Waals surface area contributed by atoms with E-state index in [4.69, 9.17) is 9.47 Å². The number of nitrogens with zero attached hydrogens (tertiary/aromatic N) is 1. The van der Waals surface area contributed by atoms with E-state index in [-0.39, 0.29) is 24.1 Å². The van der Waals surface area contributed by atoms with E-state index in [1.165, 1.54) is 0 Å². The third-order valence-corrected chi connectivity index (χ3v) is 4.98. The summed E-state index contributed by atoms with van der Waals surface area (Å²) >= 11 is 0. The second-order valence-electron chi connectivity index (χ2n) is 7.82. The molecule has 0 aromatic heterocycles. The van der Waals surface area contributed by atoms with Gasteiger partial charge in [0, 0.05) is 43.2 Å². The van der Waals surface area contributed by atoms with Gasteiger partial charge in [-0.2, -0.15) is 0 Å². The number of carbonyl (C=O) groups excluding carboxylic acids is 2. The van der Waals surface area contributed by atoms with E-state index in [9.17, 15) is 9.59 Å². The van der Waals surface area contributed by atoms with Crippen molar-refractivity contribution in [3.8, 4) is 11.5 Å². The molecule has 3 amide bonds. The van der Waals surface area contributed by atoms with Gasteiger partial charge in [0.2, 0.25) is 0 Å². The molecule has 3 rings (SSSR count). The number of anilines is 1. The average Bonchev–Trinajstić information content (AvgIpc) is 2.75. The molecule has 166 valence electrons. The molecule has 7 heteroatoms. The minimum absolute atomic E-state index is 0.00801. The van der Waals surface area contributed by atoms with Gasteiger partial charge < -0.3 is 25.0 Å². The fourth-order valence-corrected chi connectivity index (χ4v) is 3.49. The molecule has 1 aliphatic rings. The topological polar surface area (TPSA) is 79.9 Å². The molecule has 1 aliphatic heterocycles. The lowest BCUT2D eigenvalue weighted by molar-refractivity contribution is 0.0589. The van der Waals surface area contributed by atoms with E-state index < -0.39 is 0 Å². The molecule has 0 unspecified atom stereocenters. The van der Waals surface area contributed by atoms with Crippen LogP contribution in [0.4, 0.5) is 10.5 Å². The zero-order chi connectivity index (χ0) is 22.2. The molecule has 0 aliphatic carbocycles. The van der Waals surface area contributed by atoms with Crippen LogP contribution in [-0.2, 0) is 0 Å². The molecule has 31 heavy (non-hydrogen) atoms. The van der Waals surface area contributed by atoms with Gasteiger partial charge in [-0.3, -0.25) is 4.79 Å². The quantitative estimate of drug-likeness (QED) is 0.693. The molecule has 0 radical (unpaired) electrons. The van der Waals surface area contributed by atoms with Gasteiger partial charge in [-0.25, -0.2) is 4.79 Å². The molecule has 1 saturated heterocycles. The van der Waals surface area contributed by atoms with E-state index >= 15 is 0 Å². The summed E-state index contributed by atoms with van der Waals surface area (Å²) in [5.74, 6) is 1.49. The van der Waals surface area contributed by atoms with Crippen molar-refractivity contribution in [1.29, 1.82) is 0 Å². The second-order valence-corrected chi connectivity index (χ2v) is 7.82. The lowest BCUT2D eigenvalue weighted by Gasteiger charge is -2.32. The fourth-order valence-electron chi connectivity index (χ4n) is 3.49. The number of hydrogen-bond acceptors (Lipinski definition) is 4. The van der Waals surface area contributed by atoms with Crippen molar-refractivity contribution < 1.29 is 19.1 Å². The van der Waals surface area contributed by atoms with E-state index in [0.29, 0.717) is 30.9 Å². The van der Waals surface area contributed by atoms with Crippen LogP contribution in [0.1, 0.15) is 44.0 Å². The number of benzene rings is 2. The van der Waals surface area contributed by atoms with Crippen LogP contribution in [0, 0.1) is 0 Å². The zero-order valence-electron chi connectivity index (χ0n) is 18.4. The highest BCUT2D eigenvalue weighted by molar-refractivity contribution is 5.95. The zero-order valence-corrected chi connectivity index (χ0v) is 18.4. The monoisotopic (exact) mass is 425 g/mol. The maximum absolute atomic E-state index is 12.8. The summed E-state index contributed by atoms with van der Waals surface area (Å²) in [5, 5.41) is 5.53. The maximum Gasteiger partial charge on any atom is 0.319 e. The fraction of sp³-hybridized carbons (Fsp3) is 0.417. The third kappa shape index (κ3) is 6.38. The van der Waals surface area contributed by atoms with Crippen LogP contribution in [0.5, 0.6) is 11.5 Å². The average molecular weight is 426 g/mol. The second kappa shape index (κ2) is 10.7. The van der Waals surface area contributed by atoms with Crippen LogP contribution >= 0.6 is 0 Å². The van der Waals surface area contributed by atoms with Crippen LogP contribution in [0.25, 0.3) is 0 Å². The van der Waals surface area contributed by atoms with Crippen molar-refractivity contribution in [1.82, 2.24) is 10.2 Å². The van der Waals surface area contributed by atoms with Crippen molar-refractivity contribution in [3.63, 3.8) is 0 Å². The molecule has 1 fully saturated rings. The Morgan fingerprint density at radius 3 is 2.29 bits per heavy atom. The molecular weight excluding hydrogens is 394 g/mol. The molecule has 0 saturated carbocycles. The summed E-state index contributed by atoms with van der Waals surface area (Å²) in [6, 6.07) is 14.5. The first-order valence-electron chi connectivity index (χ1n) is 10.8. The highest BCUT2D eigenvalue weighted by Crippen LogP contribution is 2.29. The van der Waals surface area contributed by atoms with Gasteiger partial charge in [-0.1, -0.05) is 12.1 Å². The Labute approximate surface area is 183 Å². The van der Waals surface area contributed by atoms with Gasteiger partial charge in [-0.15, -0.1) is 0 Å². The highest BCUT2D eigenvalue weighted by atomic mass is 16.5. The molecule has 2 aromatic rings. The van der Waals surface area contributed by atoms with E-state index in [0.717, 1.165) is 24.3 Å². The van der Waals surface area contributed by atoms with Crippen LogP contribution in [0.3, 0.4) is 0 Å². The summed E-state index contributed by atoms with van der Waals surface area (Å²) in [6.07, 6.45) is 1.58. The van der Waals surface area contributed by atoms with E-state index in [2.05, 4.69) is 10.6 Å². The van der Waals surface area contributed by atoms with Crippen LogP contribution in [-0.4, -0.2) is 48.7 Å². The van der Waals surface area contributed by atoms with E-state index in [1.807, 2.05) is 49.9 Å². The Kier molecular flexibility index (Phi) is 7.76. The number of rotatable bonds is 7. The van der Waals surface area contributed by atoms with Gasteiger partial charge in [-0.05, 0) is 57.2 Å². The first-order chi connectivity index (χ1) is 15.0. The predicted octanol–water partition coefficient (Wildman–Crippen LogP) is 4.30. The van der Waals surface area contributed by atoms with Gasteiger partial charge in [0.1, 0.15) is 6.10 Å². The third-order valence-electron chi connectivity index (χ3n) is 4.98. The summed E-state index contributed by atoms with van der Waals surface area (Å²) in [7, 11) is 0. The lowest BCUT2D eigenvalue weighted by atomic mass is 10.1. The molecular formula is C24H31N3O4. The molecule has 0 spiro atoms. The number of ether oxygens (including phenoxy) is 2. The molecule has 7 nitrogen and oxygen atoms in total. The molecule has 1 heterocycles. The lowest BCUT2D eigenvalue weighted by Crippen LogP contribution is -2.41. The summed E-state index contributed by atoms with van der Waals surface area (Å²) < 4.78 is 11.8. The number of carbonyl (C=O) groups is 2. The standard InChI is InChI=1S/C24H31N3O4/c1-4-30-21-7-5-6-8-22(21)31-20-13-15-27(16-14-20)23(28)18-9-11-19(12-10-18)26-24(29)25-17(2)3/h5-12,17,20H,4,13-16H2,1-3H3,(H2,25,26,29). The Bertz CT molecular complexity index is 875. The minimum Gasteiger partial charge on any atom is -0.490 e. The Balaban J connectivity index is 1.51. The largest absolute Gasteiger partial charge is 0.490 e. The maximum atomic E-state index is 12.8. The van der Waals surface area contributed by atoms with Gasteiger partial charge in [0.25, 0.3) is 5.91 Å². The van der Waals surface area contributed by atoms with Crippen molar-refractivity contribution in [3.05, 3.63) is 54.1 Å². The number of amides is 3. The Morgan fingerprint density at radius 2 is 1.68 bits per heavy atom. The number of piperidine rings is 1. The predicted molar refractivity (Wildman–Crippen MR) is 121 cm³/mol. The molecule has 2 aromatic carbocycles. The Hall–Kier alpha value is -3.22. The van der Waals surface area contributed by atoms with Crippen LogP contribution in [0.2, 0.25) is 0 Å². The first-order valence-corrected chi connectivity index (χ1v) is 10.8. The van der Waals surface area contributed by atoms with Crippen molar-refractivity contribution in [2.45, 2.75) is 45.8 Å². The van der Waals surface area contributed by atoms with Crippen molar-refractivity contribution in [2.24, 2.45) is 0 Å². The number of urea groups is 1. The van der Waals surface area contributed by atoms with E-state index in [1.54, 1.807) is 24.3 Å². The number of hydrogen-bond donors (Lipinski definition) is 2. The summed E-state index contributed by atoms with van der Waals surface area (Å²) in [6.45, 7) is 7.60. The van der Waals surface area contributed by atoms with Gasteiger partial charge in [0.15, 0.2) is 11.5 Å². The number of likely N-dealkylation sites (tertiary alicyclic amines) is 1. The van der Waals surface area contributed by atoms with Crippen molar-refractivity contribution in [2.75, 3.05) is 25.0 Å². The smallest absolute Gasteiger partial charge is 0.319 e. The number of para-hydroxylation sites is 2. The summed E-state index contributed by atoms with van der Waals surface area (Å²) in [5.41, 5.74) is 1.26. The molecule has 0 bridgehead atoms. The summed E-state index contributed by atoms with van der Waals surface area (Å²) in [4.78, 5) is 26.5. The van der Waals surface area contributed by atoms with Crippen LogP contribution < -0.4 is 20.1 Å². The first kappa shape index (κ1) is 22.5. The van der Waals surface area contributed by atoms with Crippen LogP contribution in [0.15, 0.2) is 48.5 Å². The molecule has 2 N–H and O–H groups in total. The SMILES string of the molecule is CCOc1ccccc1OC1CCN(C(=O)c2ccc(NC(=O)NC(C)C)cc2)CC1. The highest BCUT2D eigenvalue weighted by Gasteiger charge is 2.25. The molecule has 0 atom stereocenters. The van der Waals surface area contributed by atoms with Crippen molar-refractivity contribution >= 4 is 17.6 Å². The Morgan fingerprint density at radius 1 is 1.03 bits per heavy atom. The number of nitrogens with one attached hydrogen (secondary N) is 2. The normalized spacial score (nSPS) is 14.3.